The SMILES string of the molecule is NC(=O)c1ccc(N2C(=O)C(CC(=O)NCCc3c[nH]c4ccccc34)SC2c2ccc(OCc3ccccc3)cc2)cc1Cl. The Labute approximate surface area is 269 Å². The number of halogens is 1. The summed E-state index contributed by atoms with van der Waals surface area (Å²) < 4.78 is 5.95. The van der Waals surface area contributed by atoms with Gasteiger partial charge in [-0.3, -0.25) is 19.3 Å². The molecular formula is C35H31ClN4O4S. The quantitative estimate of drug-likeness (QED) is 0.155. The van der Waals surface area contributed by atoms with Gasteiger partial charge in [-0.25, -0.2) is 0 Å². The molecule has 1 aromatic heterocycles. The minimum atomic E-state index is -0.654. The number of hydrogen-bond acceptors (Lipinski definition) is 5. The van der Waals surface area contributed by atoms with Gasteiger partial charge in [0.1, 0.15) is 17.7 Å². The van der Waals surface area contributed by atoms with Crippen LogP contribution in [-0.2, 0) is 22.6 Å². The molecule has 5 aromatic rings. The Morgan fingerprint density at radius 1 is 0.978 bits per heavy atom. The Bertz CT molecular complexity index is 1840. The molecule has 10 heteroatoms. The zero-order valence-electron chi connectivity index (χ0n) is 24.2. The van der Waals surface area contributed by atoms with Gasteiger partial charge >= 0.3 is 0 Å². The largest absolute Gasteiger partial charge is 0.489 e. The number of benzene rings is 4. The van der Waals surface area contributed by atoms with Crippen LogP contribution in [0.5, 0.6) is 5.75 Å². The summed E-state index contributed by atoms with van der Waals surface area (Å²) in [5, 5.41) is 3.21. The van der Waals surface area contributed by atoms with Gasteiger partial charge in [-0.15, -0.1) is 11.8 Å². The molecule has 4 N–H and O–H groups in total. The summed E-state index contributed by atoms with van der Waals surface area (Å²) in [6.45, 7) is 0.888. The second-order valence-corrected chi connectivity index (χ2v) is 12.4. The molecule has 1 aliphatic heterocycles. The van der Waals surface area contributed by atoms with Gasteiger partial charge in [0.2, 0.25) is 17.7 Å². The molecule has 0 aliphatic carbocycles. The van der Waals surface area contributed by atoms with Crippen LogP contribution in [0.3, 0.4) is 0 Å². The van der Waals surface area contributed by atoms with Gasteiger partial charge in [0, 0.05) is 35.8 Å². The number of nitrogens with one attached hydrogen (secondary N) is 2. The number of primary amides is 1. The van der Waals surface area contributed by atoms with Crippen molar-refractivity contribution in [3.8, 4) is 5.75 Å². The van der Waals surface area contributed by atoms with Crippen molar-refractivity contribution in [3.63, 3.8) is 0 Å². The lowest BCUT2D eigenvalue weighted by Crippen LogP contribution is -2.34. The number of nitrogens with zero attached hydrogens (tertiary/aromatic N) is 1. The van der Waals surface area contributed by atoms with Crippen LogP contribution in [0.1, 0.15) is 38.8 Å². The highest BCUT2D eigenvalue weighted by Gasteiger charge is 2.43. The van der Waals surface area contributed by atoms with E-state index in [0.29, 0.717) is 31.0 Å². The molecule has 2 heterocycles. The van der Waals surface area contributed by atoms with E-state index in [4.69, 9.17) is 22.1 Å². The van der Waals surface area contributed by atoms with Crippen LogP contribution < -0.4 is 20.7 Å². The first-order valence-electron chi connectivity index (χ1n) is 14.5. The van der Waals surface area contributed by atoms with Crippen LogP contribution in [-0.4, -0.2) is 34.5 Å². The van der Waals surface area contributed by atoms with Crippen LogP contribution in [0.15, 0.2) is 103 Å². The van der Waals surface area contributed by atoms with Crippen molar-refractivity contribution < 1.29 is 19.1 Å². The van der Waals surface area contributed by atoms with Crippen molar-refractivity contribution in [2.75, 3.05) is 11.4 Å². The number of para-hydroxylation sites is 1. The highest BCUT2D eigenvalue weighted by atomic mass is 35.5. The fraction of sp³-hybridized carbons (Fsp3) is 0.171. The second-order valence-electron chi connectivity index (χ2n) is 10.7. The molecule has 45 heavy (non-hydrogen) atoms. The molecule has 1 saturated heterocycles. The first-order chi connectivity index (χ1) is 21.9. The summed E-state index contributed by atoms with van der Waals surface area (Å²) in [7, 11) is 0. The van der Waals surface area contributed by atoms with E-state index in [2.05, 4.69) is 16.4 Å². The molecule has 2 atom stereocenters. The number of thioether (sulfide) groups is 1. The Morgan fingerprint density at radius 3 is 2.49 bits per heavy atom. The second kappa shape index (κ2) is 13.5. The van der Waals surface area contributed by atoms with Crippen molar-refractivity contribution in [3.05, 3.63) is 131 Å². The molecule has 1 aliphatic rings. The maximum atomic E-state index is 13.9. The summed E-state index contributed by atoms with van der Waals surface area (Å²) in [6.07, 6.45) is 2.65. The Hall–Kier alpha value is -4.73. The predicted molar refractivity (Wildman–Crippen MR) is 178 cm³/mol. The summed E-state index contributed by atoms with van der Waals surface area (Å²) >= 11 is 7.78. The molecule has 0 bridgehead atoms. The molecule has 1 fully saturated rings. The third-order valence-corrected chi connectivity index (χ3v) is 9.46. The highest BCUT2D eigenvalue weighted by Crippen LogP contribution is 2.47. The van der Waals surface area contributed by atoms with Crippen molar-refractivity contribution >= 4 is 57.7 Å². The number of nitrogens with two attached hydrogens (primary N) is 1. The average Bonchev–Trinajstić information content (AvgIpc) is 3.61. The number of ether oxygens (including phenoxy) is 1. The number of aromatic amines is 1. The summed E-state index contributed by atoms with van der Waals surface area (Å²) in [5.41, 5.74) is 10.2. The van der Waals surface area contributed by atoms with Crippen molar-refractivity contribution in [2.24, 2.45) is 5.73 Å². The van der Waals surface area contributed by atoms with E-state index in [1.54, 1.807) is 17.0 Å². The van der Waals surface area contributed by atoms with Gasteiger partial charge in [-0.05, 0) is 59.5 Å². The average molecular weight is 639 g/mol. The van der Waals surface area contributed by atoms with E-state index in [9.17, 15) is 14.4 Å². The van der Waals surface area contributed by atoms with E-state index in [1.165, 1.54) is 17.8 Å². The third kappa shape index (κ3) is 6.84. The third-order valence-electron chi connectivity index (χ3n) is 7.71. The maximum absolute atomic E-state index is 13.9. The topological polar surface area (TPSA) is 118 Å². The summed E-state index contributed by atoms with van der Waals surface area (Å²) in [4.78, 5) is 43.5. The van der Waals surface area contributed by atoms with E-state index < -0.39 is 16.5 Å². The lowest BCUT2D eigenvalue weighted by atomic mass is 10.1. The van der Waals surface area contributed by atoms with E-state index in [0.717, 1.165) is 27.6 Å². The number of anilines is 1. The minimum Gasteiger partial charge on any atom is -0.489 e. The zero-order valence-corrected chi connectivity index (χ0v) is 25.8. The molecule has 3 amide bonds. The number of amides is 3. The predicted octanol–water partition coefficient (Wildman–Crippen LogP) is 6.40. The lowest BCUT2D eigenvalue weighted by Gasteiger charge is -2.25. The number of hydrogen-bond donors (Lipinski definition) is 3. The van der Waals surface area contributed by atoms with Crippen molar-refractivity contribution in [1.82, 2.24) is 10.3 Å². The first kappa shape index (κ1) is 30.3. The first-order valence-corrected chi connectivity index (χ1v) is 15.9. The molecule has 2 unspecified atom stereocenters. The van der Waals surface area contributed by atoms with Crippen LogP contribution >= 0.6 is 23.4 Å². The van der Waals surface area contributed by atoms with E-state index >= 15 is 0 Å². The molecule has 8 nitrogen and oxygen atoms in total. The normalized spacial score (nSPS) is 16.2. The minimum absolute atomic E-state index is 0.0236. The molecule has 0 spiro atoms. The number of carbonyl (C=O) groups is 3. The van der Waals surface area contributed by atoms with Gasteiger partial charge in [-0.2, -0.15) is 0 Å². The van der Waals surface area contributed by atoms with Crippen LogP contribution in [0.4, 0.5) is 5.69 Å². The van der Waals surface area contributed by atoms with Crippen LogP contribution in [0, 0.1) is 0 Å². The number of H-pyrrole nitrogens is 1. The Kier molecular flexibility index (Phi) is 9.09. The standard InChI is InChI=1S/C35H31ClN4O4S/c36-29-18-25(12-15-28(29)33(37)42)40-34(43)31(19-32(41)38-17-16-24-20-39-30-9-5-4-8-27(24)30)45-35(40)23-10-13-26(14-11-23)44-21-22-6-2-1-3-7-22/h1-15,18,20,31,35,39H,16-17,19,21H2,(H2,37,42)(H,38,41). The summed E-state index contributed by atoms with van der Waals surface area (Å²) in [5.74, 6) is -0.376. The lowest BCUT2D eigenvalue weighted by molar-refractivity contribution is -0.124. The van der Waals surface area contributed by atoms with Gasteiger partial charge in [-0.1, -0.05) is 72.3 Å². The fourth-order valence-electron chi connectivity index (χ4n) is 5.41. The molecule has 0 saturated carbocycles. The smallest absolute Gasteiger partial charge is 0.250 e. The van der Waals surface area contributed by atoms with E-state index in [1.807, 2.05) is 79.0 Å². The van der Waals surface area contributed by atoms with Gasteiger partial charge in [0.15, 0.2) is 0 Å². The fourth-order valence-corrected chi connectivity index (χ4v) is 7.13. The molecular weight excluding hydrogens is 608 g/mol. The number of carbonyl (C=O) groups excluding carboxylic acids is 3. The molecule has 4 aromatic carbocycles. The Balaban J connectivity index is 1.17. The van der Waals surface area contributed by atoms with Crippen LogP contribution in [0.2, 0.25) is 5.02 Å². The van der Waals surface area contributed by atoms with Gasteiger partial charge in [0.05, 0.1) is 15.8 Å². The van der Waals surface area contributed by atoms with Crippen molar-refractivity contribution in [2.45, 2.75) is 30.1 Å². The number of fused-ring (bicyclic) bond motifs is 1. The van der Waals surface area contributed by atoms with E-state index in [-0.39, 0.29) is 28.8 Å². The monoisotopic (exact) mass is 638 g/mol. The van der Waals surface area contributed by atoms with Gasteiger partial charge in [0.25, 0.3) is 0 Å². The van der Waals surface area contributed by atoms with Crippen molar-refractivity contribution in [1.29, 1.82) is 0 Å². The summed E-state index contributed by atoms with van der Waals surface area (Å²) in [6, 6.07) is 30.2. The Morgan fingerprint density at radius 2 is 1.73 bits per heavy atom. The zero-order chi connectivity index (χ0) is 31.3. The molecule has 0 radical (unpaired) electrons. The molecule has 228 valence electrons. The molecule has 6 rings (SSSR count). The van der Waals surface area contributed by atoms with Crippen LogP contribution in [0.25, 0.3) is 10.9 Å². The van der Waals surface area contributed by atoms with Gasteiger partial charge < -0.3 is 20.8 Å². The highest BCUT2D eigenvalue weighted by molar-refractivity contribution is 8.01. The number of aromatic nitrogens is 1. The number of rotatable bonds is 11. The maximum Gasteiger partial charge on any atom is 0.250 e.